The molecule has 0 saturated heterocycles. The number of nitrogens with one attached hydrogen (secondary N) is 1. The van der Waals surface area contributed by atoms with E-state index in [1.165, 1.54) is 11.3 Å². The van der Waals surface area contributed by atoms with Crippen LogP contribution in [-0.4, -0.2) is 60.1 Å². The minimum Gasteiger partial charge on any atom is -0.360 e. The monoisotopic (exact) mass is 257 g/mol. The molecule has 0 atom stereocenters. The molecule has 7 heteroatoms. The van der Waals surface area contributed by atoms with Crippen molar-refractivity contribution in [2.24, 2.45) is 0 Å². The van der Waals surface area contributed by atoms with Gasteiger partial charge in [-0.15, -0.1) is 10.2 Å². The standard InChI is InChI=1S/C10H19N5OS/c1-5-11-10-13-12-8(17-10)6-15(4)7-9(16)14(2)3/h5-7H2,1-4H3,(H,11,13). The number of hydrogen-bond donors (Lipinski definition) is 1. The van der Waals surface area contributed by atoms with Gasteiger partial charge in [-0.05, 0) is 14.0 Å². The van der Waals surface area contributed by atoms with E-state index in [4.69, 9.17) is 0 Å². The van der Waals surface area contributed by atoms with Gasteiger partial charge in [0.1, 0.15) is 5.01 Å². The first kappa shape index (κ1) is 13.9. The number of aromatic nitrogens is 2. The van der Waals surface area contributed by atoms with Gasteiger partial charge >= 0.3 is 0 Å². The summed E-state index contributed by atoms with van der Waals surface area (Å²) in [5.74, 6) is 0.0870. The second-order valence-corrected chi connectivity index (χ2v) is 5.05. The van der Waals surface area contributed by atoms with Crippen LogP contribution in [0.1, 0.15) is 11.9 Å². The second-order valence-electron chi connectivity index (χ2n) is 3.99. The number of amides is 1. The highest BCUT2D eigenvalue weighted by atomic mass is 32.1. The Kier molecular flexibility index (Phi) is 5.30. The Labute approximate surface area is 106 Å². The normalized spacial score (nSPS) is 10.6. The van der Waals surface area contributed by atoms with Crippen LogP contribution >= 0.6 is 11.3 Å². The van der Waals surface area contributed by atoms with Crippen molar-refractivity contribution in [1.82, 2.24) is 20.0 Å². The lowest BCUT2D eigenvalue weighted by Gasteiger charge is -2.17. The molecule has 1 heterocycles. The van der Waals surface area contributed by atoms with E-state index in [-0.39, 0.29) is 5.91 Å². The molecule has 96 valence electrons. The molecule has 1 aromatic rings. The van der Waals surface area contributed by atoms with E-state index in [0.29, 0.717) is 13.1 Å². The highest BCUT2D eigenvalue weighted by molar-refractivity contribution is 7.15. The van der Waals surface area contributed by atoms with E-state index in [1.807, 2.05) is 18.9 Å². The number of rotatable bonds is 6. The zero-order valence-electron chi connectivity index (χ0n) is 10.7. The lowest BCUT2D eigenvalue weighted by atomic mass is 10.5. The summed E-state index contributed by atoms with van der Waals surface area (Å²) < 4.78 is 0. The van der Waals surface area contributed by atoms with Crippen LogP contribution in [0.4, 0.5) is 5.13 Å². The Balaban J connectivity index is 2.44. The molecule has 0 aliphatic heterocycles. The van der Waals surface area contributed by atoms with Crippen molar-refractivity contribution in [2.75, 3.05) is 39.5 Å². The molecule has 0 aromatic carbocycles. The van der Waals surface area contributed by atoms with Gasteiger partial charge in [0, 0.05) is 20.6 Å². The molecule has 0 spiro atoms. The third-order valence-electron chi connectivity index (χ3n) is 2.10. The van der Waals surface area contributed by atoms with Crippen molar-refractivity contribution in [3.63, 3.8) is 0 Å². The van der Waals surface area contributed by atoms with Crippen molar-refractivity contribution in [3.8, 4) is 0 Å². The van der Waals surface area contributed by atoms with Gasteiger partial charge in [-0.25, -0.2) is 0 Å². The van der Waals surface area contributed by atoms with E-state index >= 15 is 0 Å². The van der Waals surface area contributed by atoms with Crippen LogP contribution < -0.4 is 5.32 Å². The summed E-state index contributed by atoms with van der Waals surface area (Å²) in [6.07, 6.45) is 0. The molecule has 0 aliphatic rings. The maximum Gasteiger partial charge on any atom is 0.236 e. The Morgan fingerprint density at radius 2 is 2.06 bits per heavy atom. The van der Waals surface area contributed by atoms with Gasteiger partial charge in [0.05, 0.1) is 13.1 Å². The molecule has 1 amide bonds. The number of carbonyl (C=O) groups excluding carboxylic acids is 1. The highest BCUT2D eigenvalue weighted by Gasteiger charge is 2.11. The summed E-state index contributed by atoms with van der Waals surface area (Å²) >= 11 is 1.52. The lowest BCUT2D eigenvalue weighted by Crippen LogP contribution is -2.34. The maximum absolute atomic E-state index is 11.5. The number of carbonyl (C=O) groups is 1. The van der Waals surface area contributed by atoms with Crippen molar-refractivity contribution in [2.45, 2.75) is 13.5 Å². The van der Waals surface area contributed by atoms with Crippen LogP contribution in [0.2, 0.25) is 0 Å². The highest BCUT2D eigenvalue weighted by Crippen LogP contribution is 2.15. The zero-order chi connectivity index (χ0) is 12.8. The van der Waals surface area contributed by atoms with Crippen molar-refractivity contribution in [3.05, 3.63) is 5.01 Å². The molecule has 1 rings (SSSR count). The van der Waals surface area contributed by atoms with Crippen LogP contribution in [0.25, 0.3) is 0 Å². The minimum atomic E-state index is 0.0870. The van der Waals surface area contributed by atoms with Crippen LogP contribution in [-0.2, 0) is 11.3 Å². The topological polar surface area (TPSA) is 61.4 Å². The third kappa shape index (κ3) is 4.66. The lowest BCUT2D eigenvalue weighted by molar-refractivity contribution is -0.129. The van der Waals surface area contributed by atoms with Crippen molar-refractivity contribution in [1.29, 1.82) is 0 Å². The van der Waals surface area contributed by atoms with Crippen LogP contribution in [0.5, 0.6) is 0 Å². The van der Waals surface area contributed by atoms with Gasteiger partial charge in [0.15, 0.2) is 0 Å². The van der Waals surface area contributed by atoms with E-state index in [9.17, 15) is 4.79 Å². The van der Waals surface area contributed by atoms with E-state index in [1.54, 1.807) is 19.0 Å². The number of likely N-dealkylation sites (N-methyl/N-ethyl adjacent to an activating group) is 2. The molecule has 0 unspecified atom stereocenters. The van der Waals surface area contributed by atoms with Gasteiger partial charge in [-0.2, -0.15) is 0 Å². The van der Waals surface area contributed by atoms with Crippen LogP contribution in [0.15, 0.2) is 0 Å². The zero-order valence-corrected chi connectivity index (χ0v) is 11.5. The average Bonchev–Trinajstić information content (AvgIpc) is 2.65. The first-order valence-electron chi connectivity index (χ1n) is 5.48. The average molecular weight is 257 g/mol. The molecule has 17 heavy (non-hydrogen) atoms. The largest absolute Gasteiger partial charge is 0.360 e. The summed E-state index contributed by atoms with van der Waals surface area (Å²) in [5, 5.41) is 12.9. The first-order valence-corrected chi connectivity index (χ1v) is 6.29. The Bertz CT molecular complexity index is 365. The summed E-state index contributed by atoms with van der Waals surface area (Å²) in [5.41, 5.74) is 0. The molecule has 6 nitrogen and oxygen atoms in total. The molecule has 1 N–H and O–H groups in total. The predicted octanol–water partition coefficient (Wildman–Crippen LogP) is 0.490. The smallest absolute Gasteiger partial charge is 0.236 e. The number of anilines is 1. The molecular formula is C10H19N5OS. The quantitative estimate of drug-likeness (QED) is 0.803. The fourth-order valence-electron chi connectivity index (χ4n) is 1.20. The molecule has 1 aromatic heterocycles. The van der Waals surface area contributed by atoms with Crippen LogP contribution in [0.3, 0.4) is 0 Å². The summed E-state index contributed by atoms with van der Waals surface area (Å²) in [6.45, 7) is 3.89. The van der Waals surface area contributed by atoms with E-state index in [0.717, 1.165) is 16.7 Å². The molecule has 0 saturated carbocycles. The molecule has 0 bridgehead atoms. The van der Waals surface area contributed by atoms with Gasteiger partial charge in [0.25, 0.3) is 0 Å². The van der Waals surface area contributed by atoms with Crippen LogP contribution in [0, 0.1) is 0 Å². The number of hydrogen-bond acceptors (Lipinski definition) is 6. The predicted molar refractivity (Wildman–Crippen MR) is 69.1 cm³/mol. The van der Waals surface area contributed by atoms with Gasteiger partial charge in [-0.3, -0.25) is 9.69 Å². The molecule has 0 radical (unpaired) electrons. The van der Waals surface area contributed by atoms with Gasteiger partial charge in [-0.1, -0.05) is 11.3 Å². The Morgan fingerprint density at radius 1 is 1.35 bits per heavy atom. The second kappa shape index (κ2) is 6.51. The fraction of sp³-hybridized carbons (Fsp3) is 0.700. The summed E-state index contributed by atoms with van der Waals surface area (Å²) in [4.78, 5) is 15.0. The molecule has 0 fully saturated rings. The van der Waals surface area contributed by atoms with E-state index in [2.05, 4.69) is 15.5 Å². The third-order valence-corrected chi connectivity index (χ3v) is 2.97. The number of nitrogens with zero attached hydrogens (tertiary/aromatic N) is 4. The van der Waals surface area contributed by atoms with Gasteiger partial charge in [0.2, 0.25) is 11.0 Å². The first-order chi connectivity index (χ1) is 8.02. The maximum atomic E-state index is 11.5. The Hall–Kier alpha value is -1.21. The SMILES string of the molecule is CCNc1nnc(CN(C)CC(=O)N(C)C)s1. The molecular weight excluding hydrogens is 238 g/mol. The summed E-state index contributed by atoms with van der Waals surface area (Å²) in [7, 11) is 5.41. The van der Waals surface area contributed by atoms with Crippen molar-refractivity contribution >= 4 is 22.4 Å². The Morgan fingerprint density at radius 3 is 2.65 bits per heavy atom. The van der Waals surface area contributed by atoms with Crippen molar-refractivity contribution < 1.29 is 4.79 Å². The van der Waals surface area contributed by atoms with E-state index < -0.39 is 0 Å². The van der Waals surface area contributed by atoms with Gasteiger partial charge < -0.3 is 10.2 Å². The summed E-state index contributed by atoms with van der Waals surface area (Å²) in [6, 6.07) is 0. The molecule has 0 aliphatic carbocycles. The minimum absolute atomic E-state index is 0.0870. The fourth-order valence-corrected chi connectivity index (χ4v) is 2.09.